The molecule has 9 nitrogen and oxygen atoms in total. The van der Waals surface area contributed by atoms with E-state index < -0.39 is 0 Å². The lowest BCUT2D eigenvalue weighted by Gasteiger charge is -2.29. The van der Waals surface area contributed by atoms with Crippen molar-refractivity contribution in [2.75, 3.05) is 19.0 Å². The number of nitrogens with zero attached hydrogens (tertiary/aromatic N) is 2. The van der Waals surface area contributed by atoms with Crippen LogP contribution < -0.4 is 10.6 Å². The number of rotatable bonds is 8. The Kier molecular flexibility index (Phi) is 14.5. The third-order valence-electron chi connectivity index (χ3n) is 7.43. The van der Waals surface area contributed by atoms with Crippen molar-refractivity contribution in [2.24, 2.45) is 5.92 Å². The Labute approximate surface area is 252 Å². The molecule has 0 radical (unpaired) electrons. The van der Waals surface area contributed by atoms with Crippen molar-refractivity contribution in [3.63, 3.8) is 0 Å². The minimum absolute atomic E-state index is 0.0440. The summed E-state index contributed by atoms with van der Waals surface area (Å²) in [5, 5.41) is 6.16. The van der Waals surface area contributed by atoms with Gasteiger partial charge >= 0.3 is 5.97 Å². The third-order valence-corrected chi connectivity index (χ3v) is 7.92. The summed E-state index contributed by atoms with van der Waals surface area (Å²) in [6.07, 6.45) is 7.28. The molecule has 1 saturated carbocycles. The molecule has 1 aromatic heterocycles. The number of hydrogen-bond donors (Lipinski definition) is 2. The van der Waals surface area contributed by atoms with E-state index >= 15 is 0 Å². The monoisotopic (exact) mass is 598 g/mol. The number of hydrogen-bond acceptors (Lipinski definition) is 7. The average Bonchev–Trinajstić information content (AvgIpc) is 3.55. The zero-order chi connectivity index (χ0) is 31.2. The number of esters is 1. The number of methoxy groups -OCH3 is 1. The standard InChI is InChI=1S/C14H23N2O4P.C13H14N2O.C5H10/c1-20-14(19)9-2-4-10(5-3-9)15-13(18)12-6-11(21)7-16(12)8-17;1-4-11-10(3)16-13(14-11)15-12-8-6-5-7-9(12)2;1-4-5(2)3/h8-12H,2-7,21H2,1H3,(H,15,18);4-8H,1H2,2-3H3,(H,14,15);2,4H2,1,3H3. The molecule has 2 amide bonds. The number of allylic oxidation sites excluding steroid dienone is 1. The maximum absolute atomic E-state index is 12.3. The van der Waals surface area contributed by atoms with Gasteiger partial charge < -0.3 is 24.7 Å². The summed E-state index contributed by atoms with van der Waals surface area (Å²) in [6, 6.07) is 8.23. The van der Waals surface area contributed by atoms with Crippen LogP contribution in [0.25, 0.3) is 6.08 Å². The highest BCUT2D eigenvalue weighted by Crippen LogP contribution is 2.27. The van der Waals surface area contributed by atoms with E-state index in [0.717, 1.165) is 61.2 Å². The molecule has 3 unspecified atom stereocenters. The highest BCUT2D eigenvalue weighted by atomic mass is 31.0. The van der Waals surface area contributed by atoms with Crippen LogP contribution in [0.3, 0.4) is 0 Å². The highest BCUT2D eigenvalue weighted by molar-refractivity contribution is 7.17. The van der Waals surface area contributed by atoms with Crippen molar-refractivity contribution in [3.8, 4) is 0 Å². The lowest BCUT2D eigenvalue weighted by Crippen LogP contribution is -2.47. The van der Waals surface area contributed by atoms with Crippen LogP contribution in [0, 0.1) is 19.8 Å². The van der Waals surface area contributed by atoms with E-state index in [1.54, 1.807) is 11.0 Å². The minimum atomic E-state index is -0.358. The molecule has 2 aliphatic rings. The van der Waals surface area contributed by atoms with E-state index in [0.29, 0.717) is 19.0 Å². The molecule has 3 atom stereocenters. The number of para-hydroxylation sites is 1. The fraction of sp³-hybridized carbons (Fsp3) is 0.500. The highest BCUT2D eigenvalue weighted by Gasteiger charge is 2.36. The summed E-state index contributed by atoms with van der Waals surface area (Å²) in [5.74, 6) is 0.491. The number of carbonyl (C=O) groups excluding carboxylic acids is 3. The second-order valence-electron chi connectivity index (χ2n) is 10.8. The van der Waals surface area contributed by atoms with Gasteiger partial charge in [-0.15, -0.1) is 15.8 Å². The molecule has 2 aromatic rings. The van der Waals surface area contributed by atoms with Crippen LogP contribution in [-0.2, 0) is 19.1 Å². The topological polar surface area (TPSA) is 114 Å². The van der Waals surface area contributed by atoms with Gasteiger partial charge in [-0.25, -0.2) is 0 Å². The second kappa shape index (κ2) is 17.5. The first kappa shape index (κ1) is 34.7. The lowest BCUT2D eigenvalue weighted by molar-refractivity contribution is -0.146. The zero-order valence-corrected chi connectivity index (χ0v) is 26.8. The predicted octanol–water partition coefficient (Wildman–Crippen LogP) is 5.96. The number of ether oxygens (including phenoxy) is 1. The number of amides is 2. The fourth-order valence-corrected chi connectivity index (χ4v) is 5.19. The molecular weight excluding hydrogens is 551 g/mol. The zero-order valence-electron chi connectivity index (χ0n) is 25.7. The number of carbonyl (C=O) groups is 3. The van der Waals surface area contributed by atoms with Gasteiger partial charge in [0.15, 0.2) is 0 Å². The van der Waals surface area contributed by atoms with E-state index in [1.165, 1.54) is 12.7 Å². The Hall–Kier alpha value is -3.45. The molecule has 42 heavy (non-hydrogen) atoms. The van der Waals surface area contributed by atoms with Crippen molar-refractivity contribution in [3.05, 3.63) is 60.0 Å². The molecule has 1 aliphatic carbocycles. The summed E-state index contributed by atoms with van der Waals surface area (Å²) < 4.78 is 10.2. The van der Waals surface area contributed by atoms with Crippen molar-refractivity contribution in [2.45, 2.75) is 84.0 Å². The van der Waals surface area contributed by atoms with E-state index in [4.69, 9.17) is 9.15 Å². The molecule has 10 heteroatoms. The minimum Gasteiger partial charge on any atom is -0.469 e. The summed E-state index contributed by atoms with van der Waals surface area (Å²) in [4.78, 5) is 40.6. The number of oxazole rings is 1. The van der Waals surface area contributed by atoms with Crippen LogP contribution in [-0.4, -0.2) is 59.6 Å². The van der Waals surface area contributed by atoms with Crippen molar-refractivity contribution in [1.29, 1.82) is 0 Å². The molecule has 2 N–H and O–H groups in total. The largest absolute Gasteiger partial charge is 0.469 e. The molecule has 1 saturated heterocycles. The van der Waals surface area contributed by atoms with Gasteiger partial charge in [-0.2, -0.15) is 4.98 Å². The van der Waals surface area contributed by atoms with Gasteiger partial charge in [0.05, 0.1) is 13.0 Å². The van der Waals surface area contributed by atoms with Gasteiger partial charge in [0.25, 0.3) is 6.01 Å². The summed E-state index contributed by atoms with van der Waals surface area (Å²) >= 11 is 0. The molecule has 230 valence electrons. The predicted molar refractivity (Wildman–Crippen MR) is 171 cm³/mol. The molecule has 0 bridgehead atoms. The summed E-state index contributed by atoms with van der Waals surface area (Å²) in [6.45, 7) is 16.0. The molecule has 2 fully saturated rings. The average molecular weight is 599 g/mol. The number of benzene rings is 1. The summed E-state index contributed by atoms with van der Waals surface area (Å²) in [5.41, 5.74) is 4.46. The number of aromatic nitrogens is 1. The number of aryl methyl sites for hydroxylation is 2. The van der Waals surface area contributed by atoms with Crippen molar-refractivity contribution in [1.82, 2.24) is 15.2 Å². The smallest absolute Gasteiger partial charge is 0.308 e. The fourth-order valence-electron chi connectivity index (χ4n) is 4.69. The van der Waals surface area contributed by atoms with Crippen LogP contribution in [0.15, 0.2) is 47.4 Å². The molecule has 1 aromatic carbocycles. The van der Waals surface area contributed by atoms with Gasteiger partial charge in [-0.3, -0.25) is 14.4 Å². The Morgan fingerprint density at radius 3 is 2.38 bits per heavy atom. The van der Waals surface area contributed by atoms with Crippen molar-refractivity contribution >= 4 is 45.3 Å². The Balaban J connectivity index is 0.000000259. The van der Waals surface area contributed by atoms with Crippen LogP contribution in [0.1, 0.15) is 69.4 Å². The molecule has 1 aliphatic heterocycles. The molecular formula is C32H47N4O5P. The molecule has 0 spiro atoms. The van der Waals surface area contributed by atoms with E-state index in [9.17, 15) is 14.4 Å². The van der Waals surface area contributed by atoms with Crippen LogP contribution in [0.5, 0.6) is 0 Å². The Morgan fingerprint density at radius 1 is 1.21 bits per heavy atom. The van der Waals surface area contributed by atoms with Gasteiger partial charge in [0, 0.05) is 18.3 Å². The van der Waals surface area contributed by atoms with Crippen molar-refractivity contribution < 1.29 is 23.5 Å². The Bertz CT molecular complexity index is 1210. The molecule has 4 rings (SSSR count). The quantitative estimate of drug-likeness (QED) is 0.167. The van der Waals surface area contributed by atoms with E-state index in [2.05, 4.69) is 44.9 Å². The van der Waals surface area contributed by atoms with Gasteiger partial charge in [0.2, 0.25) is 12.3 Å². The normalized spacial score (nSPS) is 21.0. The lowest BCUT2D eigenvalue weighted by atomic mass is 9.86. The van der Waals surface area contributed by atoms with Crippen LogP contribution in [0.4, 0.5) is 11.7 Å². The van der Waals surface area contributed by atoms with Gasteiger partial charge in [-0.1, -0.05) is 37.3 Å². The number of anilines is 2. The Morgan fingerprint density at radius 2 is 1.86 bits per heavy atom. The van der Waals surface area contributed by atoms with Crippen LogP contribution >= 0.6 is 9.24 Å². The van der Waals surface area contributed by atoms with Gasteiger partial charge in [-0.05, 0) is 82.7 Å². The second-order valence-corrected chi connectivity index (χ2v) is 11.8. The number of nitrogens with one attached hydrogen (secondary N) is 2. The number of likely N-dealkylation sites (tertiary alicyclic amines) is 1. The van der Waals surface area contributed by atoms with Crippen LogP contribution in [0.2, 0.25) is 0 Å². The first-order valence-electron chi connectivity index (χ1n) is 14.4. The third kappa shape index (κ3) is 10.8. The SMILES string of the molecule is C=C(C)CC.C=Cc1nc(Nc2ccccc2C)oc1C.COC(=O)C1CCC(NC(=O)C2CC(P)CN2C=O)CC1. The van der Waals surface area contributed by atoms with E-state index in [1.807, 2.05) is 45.0 Å². The maximum Gasteiger partial charge on any atom is 0.308 e. The first-order valence-corrected chi connectivity index (χ1v) is 15.1. The van der Waals surface area contributed by atoms with E-state index in [-0.39, 0.29) is 35.5 Å². The maximum atomic E-state index is 12.3. The molecule has 2 heterocycles. The summed E-state index contributed by atoms with van der Waals surface area (Å²) in [7, 11) is 4.08. The first-order chi connectivity index (χ1) is 20.0. The van der Waals surface area contributed by atoms with Gasteiger partial charge in [0.1, 0.15) is 17.5 Å².